The molecule has 0 aliphatic rings. The lowest BCUT2D eigenvalue weighted by molar-refractivity contribution is 0.555. The molecule has 0 atom stereocenters. The molecule has 2 N–H and O–H groups in total. The summed E-state index contributed by atoms with van der Waals surface area (Å²) in [7, 11) is 1.80. The molecule has 3 aromatic rings. The van der Waals surface area contributed by atoms with Crippen LogP contribution in [0.25, 0.3) is 10.6 Å². The van der Waals surface area contributed by atoms with Crippen molar-refractivity contribution in [3.8, 4) is 10.6 Å². The Morgan fingerprint density at radius 1 is 1.14 bits per heavy atom. The summed E-state index contributed by atoms with van der Waals surface area (Å²) in [5.74, 6) is 0.808. The lowest BCUT2D eigenvalue weighted by atomic mass is 10.2. The van der Waals surface area contributed by atoms with Gasteiger partial charge in [-0.05, 0) is 33.3 Å². The summed E-state index contributed by atoms with van der Waals surface area (Å²) in [5.41, 5.74) is 4.50. The van der Waals surface area contributed by atoms with Gasteiger partial charge in [0.25, 0.3) is 0 Å². The molecule has 0 saturated heterocycles. The minimum atomic E-state index is 0.716. The Bertz CT molecular complexity index is 926. The molecular formula is C21H28N6S. The van der Waals surface area contributed by atoms with E-state index in [1.54, 1.807) is 18.4 Å². The molecule has 7 heteroatoms. The predicted octanol–water partition coefficient (Wildman–Crippen LogP) is 3.69. The number of hydrogen-bond acceptors (Lipinski definition) is 4. The zero-order valence-electron chi connectivity index (χ0n) is 17.0. The molecule has 0 aliphatic heterocycles. The van der Waals surface area contributed by atoms with Crippen LogP contribution in [-0.2, 0) is 13.1 Å². The first-order valence-corrected chi connectivity index (χ1v) is 10.4. The van der Waals surface area contributed by atoms with Crippen LogP contribution in [0.5, 0.6) is 0 Å². The Morgan fingerprint density at radius 2 is 1.93 bits per heavy atom. The van der Waals surface area contributed by atoms with Gasteiger partial charge in [-0.3, -0.25) is 9.67 Å². The first-order valence-electron chi connectivity index (χ1n) is 9.54. The molecule has 1 aromatic carbocycles. The highest BCUT2D eigenvalue weighted by Gasteiger charge is 2.10. The molecule has 0 saturated carbocycles. The van der Waals surface area contributed by atoms with E-state index in [4.69, 9.17) is 4.98 Å². The molecule has 3 rings (SSSR count). The number of aromatic nitrogens is 3. The zero-order valence-corrected chi connectivity index (χ0v) is 17.8. The van der Waals surface area contributed by atoms with Crippen LogP contribution in [0.4, 0.5) is 0 Å². The van der Waals surface area contributed by atoms with E-state index in [1.807, 2.05) is 25.1 Å². The fourth-order valence-corrected chi connectivity index (χ4v) is 4.03. The standard InChI is InChI=1S/C21H28N6S/c1-15-13-16(2)27(26-15)12-8-11-23-21(22-4)24-14-19-17(3)25-20(28-19)18-9-6-5-7-10-18/h5-7,9-10,13H,8,11-12,14H2,1-4H3,(H2,22,23,24). The summed E-state index contributed by atoms with van der Waals surface area (Å²) in [5, 5.41) is 12.3. The molecule has 0 fully saturated rings. The lowest BCUT2D eigenvalue weighted by Gasteiger charge is -2.11. The fraction of sp³-hybridized carbons (Fsp3) is 0.381. The van der Waals surface area contributed by atoms with E-state index >= 15 is 0 Å². The third kappa shape index (κ3) is 5.19. The van der Waals surface area contributed by atoms with Gasteiger partial charge >= 0.3 is 0 Å². The predicted molar refractivity (Wildman–Crippen MR) is 117 cm³/mol. The maximum absolute atomic E-state index is 4.71. The van der Waals surface area contributed by atoms with E-state index < -0.39 is 0 Å². The van der Waals surface area contributed by atoms with Crippen molar-refractivity contribution in [1.82, 2.24) is 25.4 Å². The molecule has 0 radical (unpaired) electrons. The van der Waals surface area contributed by atoms with Gasteiger partial charge in [0.2, 0.25) is 0 Å². The Balaban J connectivity index is 1.48. The summed E-state index contributed by atoms with van der Waals surface area (Å²) in [6, 6.07) is 12.4. The number of aliphatic imine (C=N–C) groups is 1. The molecule has 2 heterocycles. The van der Waals surface area contributed by atoms with Crippen LogP contribution in [0.15, 0.2) is 41.4 Å². The van der Waals surface area contributed by atoms with Crippen LogP contribution in [0.3, 0.4) is 0 Å². The van der Waals surface area contributed by atoms with Crippen molar-refractivity contribution in [2.75, 3.05) is 13.6 Å². The molecule has 148 valence electrons. The van der Waals surface area contributed by atoms with Crippen molar-refractivity contribution in [3.63, 3.8) is 0 Å². The average Bonchev–Trinajstić information content (AvgIpc) is 3.23. The summed E-state index contributed by atoms with van der Waals surface area (Å²) < 4.78 is 2.05. The van der Waals surface area contributed by atoms with E-state index in [0.29, 0.717) is 6.54 Å². The second-order valence-corrected chi connectivity index (χ2v) is 7.83. The second kappa shape index (κ2) is 9.50. The highest BCUT2D eigenvalue weighted by Crippen LogP contribution is 2.27. The number of rotatable bonds is 7. The Kier molecular flexibility index (Phi) is 6.81. The maximum atomic E-state index is 4.71. The number of nitrogens with one attached hydrogen (secondary N) is 2. The molecule has 0 unspecified atom stereocenters. The van der Waals surface area contributed by atoms with E-state index in [0.717, 1.165) is 47.4 Å². The first kappa shape index (κ1) is 20.1. The Hall–Kier alpha value is -2.67. The lowest BCUT2D eigenvalue weighted by Crippen LogP contribution is -2.37. The van der Waals surface area contributed by atoms with E-state index in [9.17, 15) is 0 Å². The van der Waals surface area contributed by atoms with Gasteiger partial charge < -0.3 is 10.6 Å². The van der Waals surface area contributed by atoms with E-state index in [2.05, 4.69) is 57.5 Å². The summed E-state index contributed by atoms with van der Waals surface area (Å²) in [6.07, 6.45) is 0.987. The number of aryl methyl sites for hydroxylation is 4. The third-order valence-corrected chi connectivity index (χ3v) is 5.70. The Labute approximate surface area is 170 Å². The van der Waals surface area contributed by atoms with Gasteiger partial charge in [-0.1, -0.05) is 30.3 Å². The smallest absolute Gasteiger partial charge is 0.191 e. The van der Waals surface area contributed by atoms with E-state index in [-0.39, 0.29) is 0 Å². The number of thiazole rings is 1. The number of guanidine groups is 1. The highest BCUT2D eigenvalue weighted by molar-refractivity contribution is 7.15. The molecule has 0 bridgehead atoms. The zero-order chi connectivity index (χ0) is 19.9. The van der Waals surface area contributed by atoms with E-state index in [1.165, 1.54) is 10.6 Å². The molecule has 2 aromatic heterocycles. The number of nitrogens with zero attached hydrogens (tertiary/aromatic N) is 4. The maximum Gasteiger partial charge on any atom is 0.191 e. The normalized spacial score (nSPS) is 11.6. The average molecular weight is 397 g/mol. The van der Waals surface area contributed by atoms with Gasteiger partial charge in [-0.25, -0.2) is 4.98 Å². The fourth-order valence-electron chi connectivity index (χ4n) is 3.02. The summed E-state index contributed by atoms with van der Waals surface area (Å²) in [4.78, 5) is 10.3. The summed E-state index contributed by atoms with van der Waals surface area (Å²) in [6.45, 7) is 8.64. The number of benzene rings is 1. The van der Waals surface area contributed by atoms with Crippen LogP contribution in [0.2, 0.25) is 0 Å². The van der Waals surface area contributed by atoms with Crippen molar-refractivity contribution >= 4 is 17.3 Å². The van der Waals surface area contributed by atoms with Crippen LogP contribution in [0, 0.1) is 20.8 Å². The minimum Gasteiger partial charge on any atom is -0.356 e. The van der Waals surface area contributed by atoms with Gasteiger partial charge in [-0.15, -0.1) is 11.3 Å². The monoisotopic (exact) mass is 396 g/mol. The van der Waals surface area contributed by atoms with Gasteiger partial charge in [0.1, 0.15) is 5.01 Å². The molecule has 0 aliphatic carbocycles. The highest BCUT2D eigenvalue weighted by atomic mass is 32.1. The minimum absolute atomic E-state index is 0.716. The van der Waals surface area contributed by atoms with Crippen molar-refractivity contribution in [2.24, 2.45) is 4.99 Å². The van der Waals surface area contributed by atoms with Gasteiger partial charge in [0.15, 0.2) is 5.96 Å². The molecule has 0 spiro atoms. The van der Waals surface area contributed by atoms with Crippen molar-refractivity contribution in [3.05, 3.63) is 58.4 Å². The molecule has 6 nitrogen and oxygen atoms in total. The topological polar surface area (TPSA) is 67.1 Å². The largest absolute Gasteiger partial charge is 0.356 e. The summed E-state index contributed by atoms with van der Waals surface area (Å²) >= 11 is 1.73. The molecular weight excluding hydrogens is 368 g/mol. The van der Waals surface area contributed by atoms with Gasteiger partial charge in [0.05, 0.1) is 17.9 Å². The van der Waals surface area contributed by atoms with Crippen molar-refractivity contribution < 1.29 is 0 Å². The third-order valence-electron chi connectivity index (χ3n) is 4.50. The van der Waals surface area contributed by atoms with Crippen molar-refractivity contribution in [2.45, 2.75) is 40.3 Å². The van der Waals surface area contributed by atoms with Crippen molar-refractivity contribution in [1.29, 1.82) is 0 Å². The van der Waals surface area contributed by atoms with Gasteiger partial charge in [0, 0.05) is 36.3 Å². The van der Waals surface area contributed by atoms with Crippen LogP contribution < -0.4 is 10.6 Å². The quantitative estimate of drug-likeness (QED) is 0.363. The Morgan fingerprint density at radius 3 is 2.61 bits per heavy atom. The second-order valence-electron chi connectivity index (χ2n) is 6.75. The van der Waals surface area contributed by atoms with Gasteiger partial charge in [-0.2, -0.15) is 5.10 Å². The molecule has 28 heavy (non-hydrogen) atoms. The first-order chi connectivity index (χ1) is 13.6. The van der Waals surface area contributed by atoms with Crippen LogP contribution in [0.1, 0.15) is 28.4 Å². The molecule has 0 amide bonds. The van der Waals surface area contributed by atoms with Crippen LogP contribution >= 0.6 is 11.3 Å². The number of hydrogen-bond donors (Lipinski definition) is 2. The van der Waals surface area contributed by atoms with Crippen LogP contribution in [-0.4, -0.2) is 34.3 Å². The SMILES string of the molecule is CN=C(NCCCn1nc(C)cc1C)NCc1sc(-c2ccccc2)nc1C.